The minimum Gasteiger partial charge on any atom is -0.493 e. The van der Waals surface area contributed by atoms with Crippen LogP contribution < -0.4 is 10.6 Å². The number of aromatic nitrogens is 3. The molecule has 3 rings (SSSR count). The minimum atomic E-state index is -0.301. The molecule has 0 saturated carbocycles. The van der Waals surface area contributed by atoms with E-state index in [0.717, 1.165) is 5.75 Å². The van der Waals surface area contributed by atoms with Crippen LogP contribution in [0.15, 0.2) is 59.8 Å². The maximum Gasteiger partial charge on any atom is 0.210 e. The number of benzene rings is 2. The molecule has 3 aromatic rings. The van der Waals surface area contributed by atoms with Gasteiger partial charge in [-0.25, -0.2) is 9.07 Å². The molecule has 5 nitrogen and oxygen atoms in total. The van der Waals surface area contributed by atoms with E-state index in [-0.39, 0.29) is 5.82 Å². The van der Waals surface area contributed by atoms with Gasteiger partial charge in [-0.3, -0.25) is 0 Å². The number of nitrogen functional groups attached to an aromatic ring is 1. The van der Waals surface area contributed by atoms with Crippen LogP contribution in [0.25, 0.3) is 11.4 Å². The van der Waals surface area contributed by atoms with Crippen LogP contribution >= 0.6 is 11.8 Å². The highest BCUT2D eigenvalue weighted by atomic mass is 32.2. The molecule has 0 spiro atoms. The van der Waals surface area contributed by atoms with Crippen LogP contribution in [0.5, 0.6) is 5.75 Å². The molecule has 0 atom stereocenters. The first-order valence-corrected chi connectivity index (χ1v) is 7.99. The second-order valence-corrected chi connectivity index (χ2v) is 5.76. The Labute approximate surface area is 137 Å². The Kier molecular flexibility index (Phi) is 4.77. The molecule has 0 saturated heterocycles. The Bertz CT molecular complexity index is 762. The first-order chi connectivity index (χ1) is 11.2. The lowest BCUT2D eigenvalue weighted by atomic mass is 10.2. The number of ether oxygens (including phenoxy) is 1. The van der Waals surface area contributed by atoms with E-state index in [4.69, 9.17) is 10.6 Å². The molecule has 1 aromatic heterocycles. The van der Waals surface area contributed by atoms with Crippen LogP contribution in [0.1, 0.15) is 0 Å². The molecule has 0 aliphatic rings. The van der Waals surface area contributed by atoms with E-state index >= 15 is 0 Å². The van der Waals surface area contributed by atoms with Crippen molar-refractivity contribution in [1.82, 2.24) is 14.9 Å². The van der Waals surface area contributed by atoms with E-state index in [0.29, 0.717) is 28.9 Å². The van der Waals surface area contributed by atoms with Crippen molar-refractivity contribution in [2.75, 3.05) is 18.2 Å². The zero-order valence-electron chi connectivity index (χ0n) is 12.2. The number of nitrogens with zero attached hydrogens (tertiary/aromatic N) is 3. The second kappa shape index (κ2) is 7.15. The molecule has 2 aromatic carbocycles. The number of para-hydroxylation sites is 1. The van der Waals surface area contributed by atoms with Crippen LogP contribution in [0.3, 0.4) is 0 Å². The number of hydrogen-bond acceptors (Lipinski definition) is 5. The first-order valence-electron chi connectivity index (χ1n) is 7.01. The third-order valence-electron chi connectivity index (χ3n) is 3.09. The SMILES string of the molecule is Nn1c(SCCOc2ccccc2)nnc1-c1ccc(F)cc1. The number of rotatable bonds is 6. The average molecular weight is 330 g/mol. The van der Waals surface area contributed by atoms with E-state index in [1.165, 1.54) is 28.6 Å². The Morgan fingerprint density at radius 1 is 1.04 bits per heavy atom. The molecular weight excluding hydrogens is 315 g/mol. The van der Waals surface area contributed by atoms with E-state index in [1.807, 2.05) is 30.3 Å². The summed E-state index contributed by atoms with van der Waals surface area (Å²) in [6, 6.07) is 15.6. The molecule has 0 bridgehead atoms. The fraction of sp³-hybridized carbons (Fsp3) is 0.125. The highest BCUT2D eigenvalue weighted by molar-refractivity contribution is 7.99. The normalized spacial score (nSPS) is 10.7. The Morgan fingerprint density at radius 3 is 2.52 bits per heavy atom. The summed E-state index contributed by atoms with van der Waals surface area (Å²) in [5.41, 5.74) is 0.716. The molecule has 0 fully saturated rings. The summed E-state index contributed by atoms with van der Waals surface area (Å²) in [5.74, 6) is 7.71. The van der Waals surface area contributed by atoms with Crippen molar-refractivity contribution in [1.29, 1.82) is 0 Å². The van der Waals surface area contributed by atoms with E-state index in [1.54, 1.807) is 12.1 Å². The van der Waals surface area contributed by atoms with Crippen molar-refractivity contribution < 1.29 is 9.13 Å². The van der Waals surface area contributed by atoms with Gasteiger partial charge in [0.15, 0.2) is 5.82 Å². The second-order valence-electron chi connectivity index (χ2n) is 4.69. The number of hydrogen-bond donors (Lipinski definition) is 1. The number of nitrogens with two attached hydrogens (primary N) is 1. The molecule has 0 amide bonds. The number of halogens is 1. The van der Waals surface area contributed by atoms with Crippen molar-refractivity contribution in [3.63, 3.8) is 0 Å². The molecule has 0 aliphatic carbocycles. The zero-order valence-corrected chi connectivity index (χ0v) is 13.0. The summed E-state index contributed by atoms with van der Waals surface area (Å²) in [7, 11) is 0. The maximum atomic E-state index is 13.0. The van der Waals surface area contributed by atoms with Crippen molar-refractivity contribution in [3.05, 3.63) is 60.4 Å². The fourth-order valence-electron chi connectivity index (χ4n) is 1.98. The number of thioether (sulfide) groups is 1. The third-order valence-corrected chi connectivity index (χ3v) is 4.00. The molecule has 0 radical (unpaired) electrons. The van der Waals surface area contributed by atoms with Crippen molar-refractivity contribution in [3.8, 4) is 17.1 Å². The Balaban J connectivity index is 1.58. The molecule has 0 unspecified atom stereocenters. The predicted molar refractivity (Wildman–Crippen MR) is 88.2 cm³/mol. The van der Waals surface area contributed by atoms with Crippen molar-refractivity contribution in [2.45, 2.75) is 5.16 Å². The minimum absolute atomic E-state index is 0.301. The maximum absolute atomic E-state index is 13.0. The quantitative estimate of drug-likeness (QED) is 0.428. The molecule has 23 heavy (non-hydrogen) atoms. The fourth-order valence-corrected chi connectivity index (χ4v) is 2.65. The van der Waals surface area contributed by atoms with Gasteiger partial charge in [0.1, 0.15) is 11.6 Å². The summed E-state index contributed by atoms with van der Waals surface area (Å²) in [6.45, 7) is 0.535. The highest BCUT2D eigenvalue weighted by Gasteiger charge is 2.12. The zero-order chi connectivity index (χ0) is 16.1. The summed E-state index contributed by atoms with van der Waals surface area (Å²) < 4.78 is 20.0. The van der Waals surface area contributed by atoms with Crippen LogP contribution in [-0.2, 0) is 0 Å². The smallest absolute Gasteiger partial charge is 0.210 e. The third kappa shape index (κ3) is 3.81. The summed E-state index contributed by atoms with van der Waals surface area (Å²) in [4.78, 5) is 0. The summed E-state index contributed by atoms with van der Waals surface area (Å²) in [5, 5.41) is 8.70. The van der Waals surface area contributed by atoms with Gasteiger partial charge in [0.25, 0.3) is 0 Å². The van der Waals surface area contributed by atoms with Crippen molar-refractivity contribution in [2.24, 2.45) is 0 Å². The van der Waals surface area contributed by atoms with Crippen LogP contribution in [-0.4, -0.2) is 27.2 Å². The Hall–Kier alpha value is -2.54. The standard InChI is InChI=1S/C16H15FN4OS/c17-13-8-6-12(7-9-13)15-19-20-16(21(15)18)23-11-10-22-14-4-2-1-3-5-14/h1-9H,10-11,18H2. The lowest BCUT2D eigenvalue weighted by molar-refractivity contribution is 0.344. The molecule has 7 heteroatoms. The molecule has 118 valence electrons. The van der Waals surface area contributed by atoms with Gasteiger partial charge in [-0.15, -0.1) is 10.2 Å². The van der Waals surface area contributed by atoms with Gasteiger partial charge in [0.2, 0.25) is 5.16 Å². The van der Waals surface area contributed by atoms with Gasteiger partial charge < -0.3 is 10.6 Å². The van der Waals surface area contributed by atoms with Gasteiger partial charge in [0.05, 0.1) is 6.61 Å². The largest absolute Gasteiger partial charge is 0.493 e. The van der Waals surface area contributed by atoms with Crippen LogP contribution in [0, 0.1) is 5.82 Å². The van der Waals surface area contributed by atoms with E-state index in [9.17, 15) is 4.39 Å². The summed E-state index contributed by atoms with van der Waals surface area (Å²) >= 11 is 1.45. The van der Waals surface area contributed by atoms with Crippen molar-refractivity contribution >= 4 is 11.8 Å². The average Bonchev–Trinajstić information content (AvgIpc) is 2.94. The van der Waals surface area contributed by atoms with E-state index < -0.39 is 0 Å². The van der Waals surface area contributed by atoms with Crippen LogP contribution in [0.2, 0.25) is 0 Å². The summed E-state index contributed by atoms with van der Waals surface area (Å²) in [6.07, 6.45) is 0. The highest BCUT2D eigenvalue weighted by Crippen LogP contribution is 2.21. The lowest BCUT2D eigenvalue weighted by Gasteiger charge is -2.06. The van der Waals surface area contributed by atoms with E-state index in [2.05, 4.69) is 10.2 Å². The van der Waals surface area contributed by atoms with Gasteiger partial charge in [-0.05, 0) is 36.4 Å². The van der Waals surface area contributed by atoms with Gasteiger partial charge >= 0.3 is 0 Å². The first kappa shape index (κ1) is 15.4. The van der Waals surface area contributed by atoms with Gasteiger partial charge in [-0.2, -0.15) is 0 Å². The lowest BCUT2D eigenvalue weighted by Crippen LogP contribution is -2.12. The van der Waals surface area contributed by atoms with Gasteiger partial charge in [0, 0.05) is 11.3 Å². The molecular formula is C16H15FN4OS. The predicted octanol–water partition coefficient (Wildman–Crippen LogP) is 2.97. The monoisotopic (exact) mass is 330 g/mol. The molecule has 1 heterocycles. The van der Waals surface area contributed by atoms with Crippen LogP contribution in [0.4, 0.5) is 4.39 Å². The van der Waals surface area contributed by atoms with Gasteiger partial charge in [-0.1, -0.05) is 30.0 Å². The Morgan fingerprint density at radius 2 is 1.78 bits per heavy atom. The molecule has 0 aliphatic heterocycles. The topological polar surface area (TPSA) is 66.0 Å². The molecule has 2 N–H and O–H groups in total.